The van der Waals surface area contributed by atoms with Gasteiger partial charge in [0.1, 0.15) is 11.4 Å². The van der Waals surface area contributed by atoms with Crippen LogP contribution in [0.25, 0.3) is 0 Å². The van der Waals surface area contributed by atoms with Crippen molar-refractivity contribution in [2.24, 2.45) is 0 Å². The number of carboxylic acids is 1. The molecular formula is C11H13ClN2O6S. The fraction of sp³-hybridized carbons (Fsp3) is 0.364. The minimum atomic E-state index is -4.13. The summed E-state index contributed by atoms with van der Waals surface area (Å²) in [5, 5.41) is 19.1. The van der Waals surface area contributed by atoms with E-state index in [0.717, 1.165) is 22.5 Å². The first-order chi connectivity index (χ1) is 9.70. The minimum Gasteiger partial charge on any atom is -0.480 e. The summed E-state index contributed by atoms with van der Waals surface area (Å²) in [6.45, 7) is 0.993. The molecule has 0 heterocycles. The highest BCUT2D eigenvalue weighted by Gasteiger charge is 2.28. The molecule has 0 unspecified atom stereocenters. The lowest BCUT2D eigenvalue weighted by Crippen LogP contribution is -2.36. The number of halogens is 1. The number of carbonyl (C=O) groups is 1. The van der Waals surface area contributed by atoms with Crippen LogP contribution in [0.1, 0.15) is 13.3 Å². The lowest BCUT2D eigenvalue weighted by molar-refractivity contribution is -0.384. The Hall–Kier alpha value is -1.71. The topological polar surface area (TPSA) is 118 Å². The first-order valence-corrected chi connectivity index (χ1v) is 7.67. The van der Waals surface area contributed by atoms with Gasteiger partial charge in [0, 0.05) is 18.7 Å². The number of non-ortho nitro benzene ring substituents is 1. The third-order valence-electron chi connectivity index (χ3n) is 2.53. The smallest absolute Gasteiger partial charge is 0.318 e. The van der Waals surface area contributed by atoms with Crippen molar-refractivity contribution >= 4 is 33.3 Å². The highest BCUT2D eigenvalue weighted by molar-refractivity contribution is 7.89. The summed E-state index contributed by atoms with van der Waals surface area (Å²) in [4.78, 5) is 20.3. The quantitative estimate of drug-likeness (QED) is 0.598. The van der Waals surface area contributed by atoms with Gasteiger partial charge in [0.15, 0.2) is 0 Å². The molecule has 0 aliphatic heterocycles. The van der Waals surface area contributed by atoms with Gasteiger partial charge >= 0.3 is 5.97 Å². The van der Waals surface area contributed by atoms with Crippen molar-refractivity contribution < 1.29 is 23.2 Å². The fourth-order valence-electron chi connectivity index (χ4n) is 1.64. The van der Waals surface area contributed by atoms with Crippen molar-refractivity contribution in [2.45, 2.75) is 18.2 Å². The SMILES string of the molecule is CCCN(CC(=O)O)S(=O)(=O)c1ccc([N+](=O)[O-])cc1Cl. The summed E-state index contributed by atoms with van der Waals surface area (Å²) in [6.07, 6.45) is 0.414. The van der Waals surface area contributed by atoms with Crippen LogP contribution in [0.4, 0.5) is 5.69 Å². The third-order valence-corrected chi connectivity index (χ3v) is 4.86. The molecule has 116 valence electrons. The molecule has 0 bridgehead atoms. The standard InChI is InChI=1S/C11H13ClN2O6S/c1-2-5-13(7-11(15)16)21(19,20)10-4-3-8(14(17)18)6-9(10)12/h3-4,6H,2,5,7H2,1H3,(H,15,16). The van der Waals surface area contributed by atoms with Crippen molar-refractivity contribution in [3.8, 4) is 0 Å². The van der Waals surface area contributed by atoms with Gasteiger partial charge in [-0.2, -0.15) is 4.31 Å². The predicted octanol–water partition coefficient (Wildman–Crippen LogP) is 1.73. The third kappa shape index (κ3) is 4.13. The number of sulfonamides is 1. The lowest BCUT2D eigenvalue weighted by atomic mass is 10.3. The molecule has 0 saturated heterocycles. The number of rotatable bonds is 7. The van der Waals surface area contributed by atoms with Crippen LogP contribution in [0.3, 0.4) is 0 Å². The van der Waals surface area contributed by atoms with Crippen molar-refractivity contribution in [1.29, 1.82) is 0 Å². The van der Waals surface area contributed by atoms with Gasteiger partial charge in [0.2, 0.25) is 10.0 Å². The van der Waals surface area contributed by atoms with Gasteiger partial charge in [-0.15, -0.1) is 0 Å². The number of hydrogen-bond donors (Lipinski definition) is 1. The van der Waals surface area contributed by atoms with E-state index in [0.29, 0.717) is 6.42 Å². The Balaban J connectivity index is 3.27. The van der Waals surface area contributed by atoms with Crippen LogP contribution < -0.4 is 0 Å². The van der Waals surface area contributed by atoms with E-state index in [9.17, 15) is 23.3 Å². The molecule has 0 saturated carbocycles. The van der Waals surface area contributed by atoms with Gasteiger partial charge in [0.05, 0.1) is 9.95 Å². The number of nitrogens with zero attached hydrogens (tertiary/aromatic N) is 2. The number of aliphatic carboxylic acids is 1. The molecule has 0 spiro atoms. The number of hydrogen-bond acceptors (Lipinski definition) is 5. The average Bonchev–Trinajstić information content (AvgIpc) is 2.37. The summed E-state index contributed by atoms with van der Waals surface area (Å²) in [7, 11) is -4.13. The van der Waals surface area contributed by atoms with Crippen LogP contribution in [0.2, 0.25) is 5.02 Å². The molecule has 0 fully saturated rings. The van der Waals surface area contributed by atoms with Gasteiger partial charge in [-0.05, 0) is 12.5 Å². The average molecular weight is 337 g/mol. The predicted molar refractivity (Wildman–Crippen MR) is 74.8 cm³/mol. The van der Waals surface area contributed by atoms with E-state index >= 15 is 0 Å². The number of nitro groups is 1. The molecule has 0 aliphatic carbocycles. The molecule has 21 heavy (non-hydrogen) atoms. The van der Waals surface area contributed by atoms with E-state index < -0.39 is 27.5 Å². The Bertz CT molecular complexity index is 661. The van der Waals surface area contributed by atoms with Gasteiger partial charge in [-0.25, -0.2) is 8.42 Å². The second kappa shape index (κ2) is 6.83. The Morgan fingerprint density at radius 3 is 2.52 bits per heavy atom. The van der Waals surface area contributed by atoms with Crippen molar-refractivity contribution in [3.63, 3.8) is 0 Å². The Morgan fingerprint density at radius 2 is 2.10 bits per heavy atom. The van der Waals surface area contributed by atoms with Crippen molar-refractivity contribution in [2.75, 3.05) is 13.1 Å². The largest absolute Gasteiger partial charge is 0.480 e. The molecule has 0 atom stereocenters. The summed E-state index contributed by atoms with van der Waals surface area (Å²) >= 11 is 5.78. The van der Waals surface area contributed by atoms with Gasteiger partial charge in [0.25, 0.3) is 5.69 Å². The van der Waals surface area contributed by atoms with Gasteiger partial charge in [-0.1, -0.05) is 18.5 Å². The van der Waals surface area contributed by atoms with Gasteiger partial charge in [-0.3, -0.25) is 14.9 Å². The maximum atomic E-state index is 12.4. The molecule has 0 aromatic heterocycles. The zero-order chi connectivity index (χ0) is 16.2. The van der Waals surface area contributed by atoms with Crippen LogP contribution in [0.15, 0.2) is 23.1 Å². The van der Waals surface area contributed by atoms with Crippen LogP contribution in [0, 0.1) is 10.1 Å². The van der Waals surface area contributed by atoms with Crippen LogP contribution >= 0.6 is 11.6 Å². The van der Waals surface area contributed by atoms with Crippen molar-refractivity contribution in [3.05, 3.63) is 33.3 Å². The molecule has 1 N–H and O–H groups in total. The molecule has 1 aromatic carbocycles. The lowest BCUT2D eigenvalue weighted by Gasteiger charge is -2.20. The zero-order valence-corrected chi connectivity index (χ0v) is 12.6. The first-order valence-electron chi connectivity index (χ1n) is 5.86. The van der Waals surface area contributed by atoms with E-state index in [1.807, 2.05) is 0 Å². The number of nitro benzene ring substituents is 1. The van der Waals surface area contributed by atoms with Crippen LogP contribution in [0.5, 0.6) is 0 Å². The Kier molecular flexibility index (Phi) is 5.64. The van der Waals surface area contributed by atoms with E-state index in [1.54, 1.807) is 6.92 Å². The molecular weight excluding hydrogens is 324 g/mol. The highest BCUT2D eigenvalue weighted by atomic mass is 35.5. The second-order valence-corrected chi connectivity index (χ2v) is 6.42. The number of benzene rings is 1. The molecule has 0 radical (unpaired) electrons. The van der Waals surface area contributed by atoms with Crippen LogP contribution in [-0.4, -0.2) is 41.8 Å². The fourth-order valence-corrected chi connectivity index (χ4v) is 3.63. The summed E-state index contributed by atoms with van der Waals surface area (Å²) < 4.78 is 25.5. The summed E-state index contributed by atoms with van der Waals surface area (Å²) in [6, 6.07) is 2.92. The first kappa shape index (κ1) is 17.3. The van der Waals surface area contributed by atoms with Gasteiger partial charge < -0.3 is 5.11 Å². The normalized spacial score (nSPS) is 11.6. The van der Waals surface area contributed by atoms with E-state index in [2.05, 4.69) is 0 Å². The maximum absolute atomic E-state index is 12.4. The zero-order valence-electron chi connectivity index (χ0n) is 11.0. The highest BCUT2D eigenvalue weighted by Crippen LogP contribution is 2.28. The van der Waals surface area contributed by atoms with E-state index in [1.165, 1.54) is 0 Å². The molecule has 1 aromatic rings. The monoisotopic (exact) mass is 336 g/mol. The summed E-state index contributed by atoms with van der Waals surface area (Å²) in [5.41, 5.74) is -0.348. The second-order valence-electron chi connectivity index (χ2n) is 4.10. The molecule has 10 heteroatoms. The molecule has 0 amide bonds. The van der Waals surface area contributed by atoms with Crippen LogP contribution in [-0.2, 0) is 14.8 Å². The maximum Gasteiger partial charge on any atom is 0.318 e. The summed E-state index contributed by atoms with van der Waals surface area (Å²) in [5.74, 6) is -1.30. The molecule has 8 nitrogen and oxygen atoms in total. The van der Waals surface area contributed by atoms with E-state index in [4.69, 9.17) is 16.7 Å². The number of carboxylic acid groups (broad SMARTS) is 1. The Labute approximate surface area is 126 Å². The Morgan fingerprint density at radius 1 is 1.48 bits per heavy atom. The minimum absolute atomic E-state index is 0.00193. The van der Waals surface area contributed by atoms with E-state index in [-0.39, 0.29) is 22.2 Å². The molecule has 1 rings (SSSR count). The molecule has 0 aliphatic rings. The van der Waals surface area contributed by atoms with Crippen molar-refractivity contribution in [1.82, 2.24) is 4.31 Å².